The van der Waals surface area contributed by atoms with Crippen molar-refractivity contribution in [1.82, 2.24) is 4.90 Å². The number of benzene rings is 2. The minimum absolute atomic E-state index is 0.0530. The minimum Gasteiger partial charge on any atom is -0.268 e. The van der Waals surface area contributed by atoms with Crippen LogP contribution in [0.2, 0.25) is 0 Å². The van der Waals surface area contributed by atoms with Gasteiger partial charge in [-0.3, -0.25) is 14.5 Å². The average molecular weight is 327 g/mol. The molecule has 1 aliphatic rings. The molecule has 0 aromatic heterocycles. The zero-order valence-electron chi connectivity index (χ0n) is 12.5. The number of nitrogens with zero attached hydrogens (tertiary/aromatic N) is 1. The van der Waals surface area contributed by atoms with E-state index in [1.54, 1.807) is 24.3 Å². The smallest absolute Gasteiger partial charge is 0.268 e. The van der Waals surface area contributed by atoms with Crippen molar-refractivity contribution >= 4 is 29.0 Å². The molecule has 1 saturated heterocycles. The number of halogens is 1. The minimum atomic E-state index is -0.422. The molecule has 3 rings (SSSR count). The summed E-state index contributed by atoms with van der Waals surface area (Å²) in [7, 11) is 0. The fraction of sp³-hybridized carbons (Fsp3) is 0.111. The molecule has 2 aromatic carbocycles. The molecule has 0 unspecified atom stereocenters. The van der Waals surface area contributed by atoms with Crippen LogP contribution in [0.15, 0.2) is 53.4 Å². The quantitative estimate of drug-likeness (QED) is 0.786. The van der Waals surface area contributed by atoms with E-state index in [4.69, 9.17) is 0 Å². The van der Waals surface area contributed by atoms with Crippen molar-refractivity contribution in [3.63, 3.8) is 0 Å². The highest BCUT2D eigenvalue weighted by atomic mass is 32.2. The third-order valence-corrected chi connectivity index (χ3v) is 4.44. The third kappa shape index (κ3) is 3.35. The van der Waals surface area contributed by atoms with Crippen molar-refractivity contribution < 1.29 is 14.0 Å². The first kappa shape index (κ1) is 15.5. The van der Waals surface area contributed by atoms with Crippen LogP contribution in [0.5, 0.6) is 0 Å². The number of carbonyl (C=O) groups is 2. The summed E-state index contributed by atoms with van der Waals surface area (Å²) < 4.78 is 13.7. The molecule has 5 heteroatoms. The van der Waals surface area contributed by atoms with Gasteiger partial charge in [0.25, 0.3) is 11.1 Å². The van der Waals surface area contributed by atoms with Crippen molar-refractivity contribution in [2.24, 2.45) is 0 Å². The van der Waals surface area contributed by atoms with Crippen LogP contribution >= 0.6 is 11.8 Å². The normalized spacial score (nSPS) is 16.4. The number of hydrogen-bond acceptors (Lipinski definition) is 3. The van der Waals surface area contributed by atoms with E-state index in [-0.39, 0.29) is 17.7 Å². The largest absolute Gasteiger partial charge is 0.293 e. The molecule has 0 N–H and O–H groups in total. The molecule has 116 valence electrons. The first-order valence-corrected chi connectivity index (χ1v) is 7.92. The molecule has 3 nitrogen and oxygen atoms in total. The highest BCUT2D eigenvalue weighted by Crippen LogP contribution is 2.33. The van der Waals surface area contributed by atoms with Gasteiger partial charge in [-0.25, -0.2) is 4.39 Å². The molecule has 0 radical (unpaired) electrons. The summed E-state index contributed by atoms with van der Waals surface area (Å²) in [6, 6.07) is 13.8. The van der Waals surface area contributed by atoms with E-state index >= 15 is 0 Å². The second-order valence-electron chi connectivity index (χ2n) is 5.27. The molecule has 23 heavy (non-hydrogen) atoms. The first-order chi connectivity index (χ1) is 11.0. The summed E-state index contributed by atoms with van der Waals surface area (Å²) in [5, 5.41) is -0.378. The lowest BCUT2D eigenvalue weighted by molar-refractivity contribution is -0.123. The second-order valence-corrected chi connectivity index (χ2v) is 6.26. The van der Waals surface area contributed by atoms with Crippen LogP contribution in [-0.4, -0.2) is 16.0 Å². The van der Waals surface area contributed by atoms with Crippen LogP contribution in [-0.2, 0) is 11.3 Å². The lowest BCUT2D eigenvalue weighted by atomic mass is 10.1. The fourth-order valence-corrected chi connectivity index (χ4v) is 3.09. The molecule has 1 fully saturated rings. The van der Waals surface area contributed by atoms with E-state index in [1.807, 2.05) is 31.2 Å². The second kappa shape index (κ2) is 6.38. The van der Waals surface area contributed by atoms with Gasteiger partial charge in [0.1, 0.15) is 5.82 Å². The Labute approximate surface area is 137 Å². The van der Waals surface area contributed by atoms with Crippen LogP contribution in [0.25, 0.3) is 6.08 Å². The van der Waals surface area contributed by atoms with Crippen LogP contribution in [0.3, 0.4) is 0 Å². The molecule has 0 atom stereocenters. The zero-order valence-corrected chi connectivity index (χ0v) is 13.3. The van der Waals surface area contributed by atoms with Gasteiger partial charge in [0.15, 0.2) is 0 Å². The maximum atomic E-state index is 13.7. The van der Waals surface area contributed by atoms with Crippen molar-refractivity contribution in [2.75, 3.05) is 0 Å². The van der Waals surface area contributed by atoms with E-state index in [2.05, 4.69) is 0 Å². The van der Waals surface area contributed by atoms with Gasteiger partial charge < -0.3 is 0 Å². The maximum Gasteiger partial charge on any atom is 0.293 e. The van der Waals surface area contributed by atoms with E-state index in [9.17, 15) is 14.0 Å². The Balaban J connectivity index is 1.82. The molecule has 1 heterocycles. The number of carbonyl (C=O) groups excluding carboxylic acids is 2. The van der Waals surface area contributed by atoms with Crippen LogP contribution in [0, 0.1) is 12.7 Å². The molecule has 2 aromatic rings. The van der Waals surface area contributed by atoms with Gasteiger partial charge in [-0.1, -0.05) is 48.0 Å². The Morgan fingerprint density at radius 3 is 2.48 bits per heavy atom. The Bertz CT molecular complexity index is 799. The molecular weight excluding hydrogens is 313 g/mol. The summed E-state index contributed by atoms with van der Waals surface area (Å²) >= 11 is 0.882. The number of imide groups is 1. The molecular formula is C18H14FNO2S. The Kier molecular flexibility index (Phi) is 4.30. The topological polar surface area (TPSA) is 37.4 Å². The highest BCUT2D eigenvalue weighted by Gasteiger charge is 2.35. The molecule has 0 saturated carbocycles. The lowest BCUT2D eigenvalue weighted by Gasteiger charge is -2.12. The SMILES string of the molecule is Cc1ccc(/C=C2\SC(=O)N(Cc3ccccc3F)C2=O)cc1. The molecule has 2 amide bonds. The van der Waals surface area contributed by atoms with E-state index < -0.39 is 5.82 Å². The van der Waals surface area contributed by atoms with E-state index in [0.29, 0.717) is 10.5 Å². The first-order valence-electron chi connectivity index (χ1n) is 7.10. The zero-order chi connectivity index (χ0) is 16.4. The summed E-state index contributed by atoms with van der Waals surface area (Å²) in [5.74, 6) is -0.808. The molecule has 1 aliphatic heterocycles. The van der Waals surface area contributed by atoms with Crippen molar-refractivity contribution in [2.45, 2.75) is 13.5 Å². The van der Waals surface area contributed by atoms with Gasteiger partial charge in [-0.2, -0.15) is 0 Å². The predicted molar refractivity (Wildman–Crippen MR) is 89.1 cm³/mol. The summed E-state index contributed by atoms with van der Waals surface area (Å²) in [5.41, 5.74) is 2.30. The van der Waals surface area contributed by atoms with Crippen LogP contribution in [0.1, 0.15) is 16.7 Å². The monoisotopic (exact) mass is 327 g/mol. The Morgan fingerprint density at radius 2 is 1.78 bits per heavy atom. The van der Waals surface area contributed by atoms with Gasteiger partial charge in [-0.15, -0.1) is 0 Å². The van der Waals surface area contributed by atoms with Crippen molar-refractivity contribution in [3.8, 4) is 0 Å². The van der Waals surface area contributed by atoms with Gasteiger partial charge in [0.05, 0.1) is 11.4 Å². The Hall–Kier alpha value is -2.40. The standard InChI is InChI=1S/C18H14FNO2S/c1-12-6-8-13(9-7-12)10-16-17(21)20(18(22)23-16)11-14-4-2-3-5-15(14)19/h2-10H,11H2,1H3/b16-10-. The van der Waals surface area contributed by atoms with Gasteiger partial charge in [0, 0.05) is 5.56 Å². The maximum absolute atomic E-state index is 13.7. The molecule has 0 aliphatic carbocycles. The summed E-state index contributed by atoms with van der Waals surface area (Å²) in [6.07, 6.45) is 1.69. The Morgan fingerprint density at radius 1 is 1.09 bits per heavy atom. The van der Waals surface area contributed by atoms with Crippen LogP contribution < -0.4 is 0 Å². The average Bonchev–Trinajstić information content (AvgIpc) is 2.79. The van der Waals surface area contributed by atoms with Gasteiger partial charge >= 0.3 is 0 Å². The van der Waals surface area contributed by atoms with Gasteiger partial charge in [0.2, 0.25) is 0 Å². The van der Waals surface area contributed by atoms with Gasteiger partial charge in [-0.05, 0) is 36.4 Å². The number of thioether (sulfide) groups is 1. The highest BCUT2D eigenvalue weighted by molar-refractivity contribution is 8.18. The van der Waals surface area contributed by atoms with Crippen molar-refractivity contribution in [3.05, 3.63) is 75.9 Å². The molecule has 0 bridgehead atoms. The third-order valence-electron chi connectivity index (χ3n) is 3.53. The van der Waals surface area contributed by atoms with Crippen molar-refractivity contribution in [1.29, 1.82) is 0 Å². The number of hydrogen-bond donors (Lipinski definition) is 0. The summed E-state index contributed by atoms with van der Waals surface area (Å²) in [6.45, 7) is 1.93. The number of rotatable bonds is 3. The fourth-order valence-electron chi connectivity index (χ4n) is 2.25. The predicted octanol–water partition coefficient (Wildman–Crippen LogP) is 4.37. The summed E-state index contributed by atoms with van der Waals surface area (Å²) in [4.78, 5) is 25.9. The molecule has 0 spiro atoms. The van der Waals surface area contributed by atoms with E-state index in [1.165, 1.54) is 6.07 Å². The van der Waals surface area contributed by atoms with E-state index in [0.717, 1.165) is 27.8 Å². The lowest BCUT2D eigenvalue weighted by Crippen LogP contribution is -2.27. The number of aryl methyl sites for hydroxylation is 1. The van der Waals surface area contributed by atoms with Crippen LogP contribution in [0.4, 0.5) is 9.18 Å². The number of amides is 2.